The summed E-state index contributed by atoms with van der Waals surface area (Å²) in [6.45, 7) is 3.23. The van der Waals surface area contributed by atoms with E-state index in [0.29, 0.717) is 41.5 Å². The van der Waals surface area contributed by atoms with E-state index in [1.807, 2.05) is 18.2 Å². The third-order valence-corrected chi connectivity index (χ3v) is 10.9. The average Bonchev–Trinajstić information content (AvgIpc) is 2.92. The molecule has 2 heterocycles. The zero-order valence-electron chi connectivity index (χ0n) is 23.7. The summed E-state index contributed by atoms with van der Waals surface area (Å²) in [6.07, 6.45) is 13.2. The third-order valence-electron chi connectivity index (χ3n) is 10.9. The molecular formula is C32H43N5O3. The maximum atomic E-state index is 13.7. The van der Waals surface area contributed by atoms with Gasteiger partial charge in [-0.25, -0.2) is 4.98 Å². The Hall–Kier alpha value is -2.90. The number of hydrogen-bond donors (Lipinski definition) is 3. The monoisotopic (exact) mass is 545 g/mol. The van der Waals surface area contributed by atoms with Gasteiger partial charge in [0.25, 0.3) is 5.56 Å². The van der Waals surface area contributed by atoms with Crippen LogP contribution in [0, 0.1) is 36.5 Å². The van der Waals surface area contributed by atoms with Gasteiger partial charge in [-0.05, 0) is 120 Å². The summed E-state index contributed by atoms with van der Waals surface area (Å²) < 4.78 is 1.58. The number of amides is 2. The number of carbonyl (C=O) groups is 2. The van der Waals surface area contributed by atoms with Crippen molar-refractivity contribution in [3.63, 3.8) is 0 Å². The fraction of sp³-hybridized carbons (Fsp3) is 0.688. The first kappa shape index (κ1) is 26.0. The van der Waals surface area contributed by atoms with Crippen LogP contribution in [-0.2, 0) is 9.59 Å². The van der Waals surface area contributed by atoms with E-state index in [9.17, 15) is 14.4 Å². The Labute approximate surface area is 236 Å². The molecule has 1 atom stereocenters. The molecule has 4 bridgehead atoms. The fourth-order valence-electron chi connectivity index (χ4n) is 9.38. The number of nitrogens with zero attached hydrogens (tertiary/aromatic N) is 2. The van der Waals surface area contributed by atoms with Crippen LogP contribution in [0.25, 0.3) is 10.9 Å². The van der Waals surface area contributed by atoms with Gasteiger partial charge in [0.1, 0.15) is 11.9 Å². The quantitative estimate of drug-likeness (QED) is 0.497. The van der Waals surface area contributed by atoms with Gasteiger partial charge < -0.3 is 16.0 Å². The molecule has 3 N–H and O–H groups in total. The predicted molar refractivity (Wildman–Crippen MR) is 155 cm³/mol. The molecule has 1 aliphatic heterocycles. The first-order valence-electron chi connectivity index (χ1n) is 15.7. The molecule has 6 aliphatic rings. The molecule has 1 aromatic heterocycles. The lowest BCUT2D eigenvalue weighted by Gasteiger charge is -2.57. The highest BCUT2D eigenvalue weighted by molar-refractivity contribution is 5.91. The molecule has 1 aromatic carbocycles. The molecule has 2 aromatic rings. The Morgan fingerprint density at radius 1 is 1.02 bits per heavy atom. The summed E-state index contributed by atoms with van der Waals surface area (Å²) in [5.74, 6) is 3.87. The maximum absolute atomic E-state index is 13.7. The molecular weight excluding hydrogens is 502 g/mol. The Balaban J connectivity index is 0.994. The largest absolute Gasteiger partial charge is 0.384 e. The number of aryl methyl sites for hydroxylation is 1. The van der Waals surface area contributed by atoms with E-state index < -0.39 is 6.04 Å². The second kappa shape index (κ2) is 10.2. The Morgan fingerprint density at radius 3 is 2.40 bits per heavy atom. The second-order valence-corrected chi connectivity index (χ2v) is 13.8. The smallest absolute Gasteiger partial charge is 0.264 e. The highest BCUT2D eigenvalue weighted by atomic mass is 16.2. The summed E-state index contributed by atoms with van der Waals surface area (Å²) in [5.41, 5.74) is 1.38. The maximum Gasteiger partial charge on any atom is 0.264 e. The number of carbonyl (C=O) groups excluding carboxylic acids is 2. The van der Waals surface area contributed by atoms with Crippen LogP contribution in [0.5, 0.6) is 0 Å². The van der Waals surface area contributed by atoms with Crippen molar-refractivity contribution in [3.8, 4) is 0 Å². The van der Waals surface area contributed by atoms with E-state index in [1.54, 1.807) is 11.5 Å². The molecule has 0 spiro atoms. The Bertz CT molecular complexity index is 1340. The van der Waals surface area contributed by atoms with Gasteiger partial charge in [0.15, 0.2) is 0 Å². The molecule has 5 aliphatic carbocycles. The van der Waals surface area contributed by atoms with Gasteiger partial charge >= 0.3 is 0 Å². The van der Waals surface area contributed by atoms with Crippen molar-refractivity contribution in [2.24, 2.45) is 29.6 Å². The van der Waals surface area contributed by atoms with Crippen LogP contribution >= 0.6 is 0 Å². The van der Waals surface area contributed by atoms with Crippen molar-refractivity contribution < 1.29 is 9.59 Å². The first-order valence-corrected chi connectivity index (χ1v) is 15.7. The predicted octanol–water partition coefficient (Wildman–Crippen LogP) is 4.46. The fourth-order valence-corrected chi connectivity index (χ4v) is 9.38. The highest BCUT2D eigenvalue weighted by Crippen LogP contribution is 2.55. The van der Waals surface area contributed by atoms with Gasteiger partial charge in [0, 0.05) is 30.2 Å². The van der Waals surface area contributed by atoms with Crippen LogP contribution in [0.3, 0.4) is 0 Å². The van der Waals surface area contributed by atoms with Crippen LogP contribution in [0.2, 0.25) is 0 Å². The lowest BCUT2D eigenvalue weighted by atomic mass is 9.53. The second-order valence-electron chi connectivity index (χ2n) is 13.8. The van der Waals surface area contributed by atoms with Crippen LogP contribution in [-0.4, -0.2) is 40.0 Å². The number of nitrogens with one attached hydrogen (secondary N) is 3. The Kier molecular flexibility index (Phi) is 6.62. The van der Waals surface area contributed by atoms with Crippen molar-refractivity contribution in [3.05, 3.63) is 34.4 Å². The lowest BCUT2D eigenvalue weighted by molar-refractivity contribution is -0.132. The zero-order chi connectivity index (χ0) is 27.4. The number of piperidine rings is 1. The van der Waals surface area contributed by atoms with Gasteiger partial charge in [-0.1, -0.05) is 6.07 Å². The minimum Gasteiger partial charge on any atom is -0.384 e. The summed E-state index contributed by atoms with van der Waals surface area (Å²) in [5, 5.41) is 10.6. The van der Waals surface area contributed by atoms with Gasteiger partial charge in [0.05, 0.1) is 10.9 Å². The van der Waals surface area contributed by atoms with Crippen molar-refractivity contribution in [1.29, 1.82) is 0 Å². The van der Waals surface area contributed by atoms with E-state index in [4.69, 9.17) is 4.98 Å². The molecule has 6 fully saturated rings. The number of aromatic nitrogens is 2. The van der Waals surface area contributed by atoms with E-state index in [0.717, 1.165) is 62.1 Å². The van der Waals surface area contributed by atoms with Crippen molar-refractivity contribution in [2.75, 3.05) is 18.4 Å². The van der Waals surface area contributed by atoms with Crippen LogP contribution in [0.4, 0.5) is 5.69 Å². The number of benzene rings is 1. The zero-order valence-corrected chi connectivity index (χ0v) is 23.7. The minimum absolute atomic E-state index is 0.0934. The van der Waals surface area contributed by atoms with E-state index >= 15 is 0 Å². The number of fused-ring (bicyclic) bond motifs is 1. The van der Waals surface area contributed by atoms with Gasteiger partial charge in [0.2, 0.25) is 11.8 Å². The van der Waals surface area contributed by atoms with E-state index in [1.165, 1.54) is 38.5 Å². The van der Waals surface area contributed by atoms with E-state index in [2.05, 4.69) is 16.0 Å². The van der Waals surface area contributed by atoms with Crippen molar-refractivity contribution in [2.45, 2.75) is 95.6 Å². The van der Waals surface area contributed by atoms with Crippen molar-refractivity contribution in [1.82, 2.24) is 20.2 Å². The molecule has 2 amide bonds. The summed E-state index contributed by atoms with van der Waals surface area (Å²) in [6, 6.07) is 5.23. The topological polar surface area (TPSA) is 105 Å². The summed E-state index contributed by atoms with van der Waals surface area (Å²) >= 11 is 0. The van der Waals surface area contributed by atoms with Gasteiger partial charge in [-0.3, -0.25) is 19.0 Å². The summed E-state index contributed by atoms with van der Waals surface area (Å²) in [7, 11) is 0. The van der Waals surface area contributed by atoms with Crippen LogP contribution in [0.1, 0.15) is 88.9 Å². The van der Waals surface area contributed by atoms with Gasteiger partial charge in [-0.15, -0.1) is 0 Å². The molecule has 40 heavy (non-hydrogen) atoms. The number of rotatable bonds is 6. The summed E-state index contributed by atoms with van der Waals surface area (Å²) in [4.78, 5) is 44.3. The normalized spacial score (nSPS) is 35.0. The van der Waals surface area contributed by atoms with Crippen LogP contribution < -0.4 is 21.5 Å². The molecule has 214 valence electrons. The lowest BCUT2D eigenvalue weighted by Crippen LogP contribution is -2.60. The Morgan fingerprint density at radius 2 is 1.73 bits per heavy atom. The number of hydrogen-bond acceptors (Lipinski definition) is 5. The molecule has 8 nitrogen and oxygen atoms in total. The molecule has 1 saturated heterocycles. The molecule has 8 rings (SSSR count). The van der Waals surface area contributed by atoms with Crippen LogP contribution in [0.15, 0.2) is 23.0 Å². The third kappa shape index (κ3) is 4.71. The highest BCUT2D eigenvalue weighted by Gasteiger charge is 2.52. The average molecular weight is 546 g/mol. The van der Waals surface area contributed by atoms with Gasteiger partial charge in [-0.2, -0.15) is 0 Å². The molecule has 0 radical (unpaired) electrons. The standard InChI is InChI=1S/C32H43N5O3/c1-19-35-26-5-2-4-25(28(26)31(40)37(19)27-6-3-11-33-30(27)39)34-18-20-7-9-24(10-8-20)29(38)36-32-15-21-12-22(16-32)14-23(13-21)17-32/h2,4-5,20-24,27,34H,3,6-18H2,1H3,(H,33,39)(H,36,38). The molecule has 1 unspecified atom stereocenters. The minimum atomic E-state index is -0.508. The number of anilines is 1. The molecule has 5 saturated carbocycles. The molecule has 8 heteroatoms. The van der Waals surface area contributed by atoms with E-state index in [-0.39, 0.29) is 22.9 Å². The SMILES string of the molecule is Cc1nc2cccc(NCC3CCC(C(=O)NC45CC6CC(CC(C6)C4)C5)CC3)c2c(=O)n1C1CCCNC1=O. The van der Waals surface area contributed by atoms with Crippen molar-refractivity contribution >= 4 is 28.4 Å². The first-order chi connectivity index (χ1) is 19.4.